The van der Waals surface area contributed by atoms with Crippen LogP contribution in [0.15, 0.2) is 16.6 Å². The average Bonchev–Trinajstić information content (AvgIpc) is 2.61. The highest BCUT2D eigenvalue weighted by Gasteiger charge is 2.32. The number of nitrogens with one attached hydrogen (secondary N) is 2. The van der Waals surface area contributed by atoms with E-state index in [1.165, 1.54) is 7.11 Å². The van der Waals surface area contributed by atoms with Crippen LogP contribution in [0.5, 0.6) is 5.75 Å². The third-order valence-corrected chi connectivity index (χ3v) is 5.28. The van der Waals surface area contributed by atoms with E-state index in [1.807, 2.05) is 0 Å². The van der Waals surface area contributed by atoms with E-state index in [4.69, 9.17) is 15.2 Å². The van der Waals surface area contributed by atoms with E-state index in [2.05, 4.69) is 26.6 Å². The molecular weight excluding hydrogens is 426 g/mol. The van der Waals surface area contributed by atoms with E-state index in [0.29, 0.717) is 21.6 Å². The molecule has 8 heteroatoms. The summed E-state index contributed by atoms with van der Waals surface area (Å²) in [4.78, 5) is 25.4. The molecule has 0 aromatic heterocycles. The zero-order valence-corrected chi connectivity index (χ0v) is 18.5. The van der Waals surface area contributed by atoms with Gasteiger partial charge in [-0.25, -0.2) is 4.79 Å². The first-order valence-electron chi connectivity index (χ1n) is 9.54. The molecule has 28 heavy (non-hydrogen) atoms. The molecule has 1 aromatic rings. The molecule has 1 atom stereocenters. The number of nitrogen functional groups attached to an aromatic ring is 1. The molecule has 1 aliphatic rings. The highest BCUT2D eigenvalue weighted by molar-refractivity contribution is 9.10. The van der Waals surface area contributed by atoms with E-state index in [9.17, 15) is 9.59 Å². The Bertz CT molecular complexity index is 712. The molecule has 156 valence electrons. The number of rotatable bonds is 5. The lowest BCUT2D eigenvalue weighted by Crippen LogP contribution is -2.50. The normalized spacial score (nSPS) is 16.2. The first-order valence-corrected chi connectivity index (χ1v) is 10.3. The molecule has 1 saturated carbocycles. The average molecular weight is 456 g/mol. The number of carbonyl (C=O) groups is 2. The van der Waals surface area contributed by atoms with Crippen LogP contribution >= 0.6 is 15.9 Å². The molecule has 0 spiro atoms. The minimum absolute atomic E-state index is 0.0554. The van der Waals surface area contributed by atoms with Crippen molar-refractivity contribution in [3.8, 4) is 5.75 Å². The van der Waals surface area contributed by atoms with Crippen LogP contribution in [-0.2, 0) is 9.53 Å². The third kappa shape index (κ3) is 6.29. The van der Waals surface area contributed by atoms with Gasteiger partial charge in [0.25, 0.3) is 0 Å². The number of ether oxygens (including phenoxy) is 2. The van der Waals surface area contributed by atoms with Crippen LogP contribution < -0.4 is 21.1 Å². The molecule has 0 aliphatic heterocycles. The zero-order chi connectivity index (χ0) is 20.9. The lowest BCUT2D eigenvalue weighted by atomic mass is 9.83. The Hall–Kier alpha value is -1.96. The number of benzene rings is 1. The maximum Gasteiger partial charge on any atom is 0.408 e. The highest BCUT2D eigenvalue weighted by Crippen LogP contribution is 2.34. The van der Waals surface area contributed by atoms with Gasteiger partial charge in [-0.1, -0.05) is 19.3 Å². The van der Waals surface area contributed by atoms with E-state index in [1.54, 1.807) is 32.9 Å². The molecule has 1 fully saturated rings. The number of halogens is 1. The fourth-order valence-electron chi connectivity index (χ4n) is 3.34. The van der Waals surface area contributed by atoms with Crippen LogP contribution in [0.1, 0.15) is 52.9 Å². The van der Waals surface area contributed by atoms with Crippen LogP contribution in [-0.4, -0.2) is 30.8 Å². The van der Waals surface area contributed by atoms with Crippen LogP contribution in [0, 0.1) is 5.92 Å². The number of anilines is 2. The zero-order valence-electron chi connectivity index (χ0n) is 16.9. The number of alkyl carbamates (subject to hydrolysis) is 1. The van der Waals surface area contributed by atoms with Crippen LogP contribution in [0.25, 0.3) is 0 Å². The number of hydrogen-bond acceptors (Lipinski definition) is 5. The molecule has 7 nitrogen and oxygen atoms in total. The SMILES string of the molecule is COc1cc(NC(=O)C(NC(=O)OC(C)(C)C)C2CCCCC2)c(N)cc1Br. The lowest BCUT2D eigenvalue weighted by molar-refractivity contribution is -0.119. The van der Waals surface area contributed by atoms with Gasteiger partial charge in [0.1, 0.15) is 17.4 Å². The Morgan fingerprint density at radius 2 is 1.86 bits per heavy atom. The largest absolute Gasteiger partial charge is 0.495 e. The molecule has 1 aromatic carbocycles. The molecule has 0 radical (unpaired) electrons. The van der Waals surface area contributed by atoms with Gasteiger partial charge in [-0.05, 0) is 61.5 Å². The van der Waals surface area contributed by atoms with Gasteiger partial charge < -0.3 is 25.8 Å². The second kappa shape index (κ2) is 9.49. The summed E-state index contributed by atoms with van der Waals surface area (Å²) in [5.74, 6) is 0.299. The van der Waals surface area contributed by atoms with Gasteiger partial charge in [0.05, 0.1) is 23.0 Å². The van der Waals surface area contributed by atoms with Crippen molar-refractivity contribution in [2.45, 2.75) is 64.5 Å². The van der Waals surface area contributed by atoms with Gasteiger partial charge in [0, 0.05) is 6.07 Å². The van der Waals surface area contributed by atoms with E-state index >= 15 is 0 Å². The van der Waals surface area contributed by atoms with E-state index in [0.717, 1.165) is 32.1 Å². The molecule has 0 saturated heterocycles. The van der Waals surface area contributed by atoms with Gasteiger partial charge in [-0.2, -0.15) is 0 Å². The summed E-state index contributed by atoms with van der Waals surface area (Å²) in [6.45, 7) is 5.37. The third-order valence-electron chi connectivity index (χ3n) is 4.66. The Labute approximate surface area is 174 Å². The van der Waals surface area contributed by atoms with Crippen molar-refractivity contribution in [1.29, 1.82) is 0 Å². The smallest absolute Gasteiger partial charge is 0.408 e. The fraction of sp³-hybridized carbons (Fsp3) is 0.600. The first kappa shape index (κ1) is 22.3. The summed E-state index contributed by atoms with van der Waals surface area (Å²) in [7, 11) is 1.54. The second-order valence-corrected chi connectivity index (χ2v) is 8.94. The van der Waals surface area contributed by atoms with Gasteiger partial charge in [0.2, 0.25) is 5.91 Å². The van der Waals surface area contributed by atoms with Gasteiger partial charge in [-0.3, -0.25) is 4.79 Å². The van der Waals surface area contributed by atoms with Crippen molar-refractivity contribution in [3.63, 3.8) is 0 Å². The monoisotopic (exact) mass is 455 g/mol. The fourth-order valence-corrected chi connectivity index (χ4v) is 3.87. The lowest BCUT2D eigenvalue weighted by Gasteiger charge is -2.31. The van der Waals surface area contributed by atoms with Crippen molar-refractivity contribution in [3.05, 3.63) is 16.6 Å². The van der Waals surface area contributed by atoms with Gasteiger partial charge in [0.15, 0.2) is 0 Å². The summed E-state index contributed by atoms with van der Waals surface area (Å²) >= 11 is 3.37. The molecule has 2 rings (SSSR count). The molecule has 4 N–H and O–H groups in total. The number of carbonyl (C=O) groups excluding carboxylic acids is 2. The van der Waals surface area contributed by atoms with Crippen molar-refractivity contribution < 1.29 is 19.1 Å². The molecule has 2 amide bonds. The molecule has 1 unspecified atom stereocenters. The number of nitrogens with two attached hydrogens (primary N) is 1. The molecule has 0 bridgehead atoms. The predicted molar refractivity (Wildman–Crippen MR) is 113 cm³/mol. The summed E-state index contributed by atoms with van der Waals surface area (Å²) < 4.78 is 11.3. The summed E-state index contributed by atoms with van der Waals surface area (Å²) in [6, 6.07) is 2.64. The van der Waals surface area contributed by atoms with Crippen LogP contribution in [0.4, 0.5) is 16.2 Å². The standard InChI is InChI=1S/C20H30BrN3O4/c1-20(2,3)28-19(26)24-17(12-8-6-5-7-9-12)18(25)23-15-11-16(27-4)13(21)10-14(15)22/h10-12,17H,5-9,22H2,1-4H3,(H,23,25)(H,24,26). The Balaban J connectivity index is 2.20. The highest BCUT2D eigenvalue weighted by atomic mass is 79.9. The minimum atomic E-state index is -0.691. The summed E-state index contributed by atoms with van der Waals surface area (Å²) in [5, 5.41) is 5.61. The summed E-state index contributed by atoms with van der Waals surface area (Å²) in [6.07, 6.45) is 4.39. The van der Waals surface area contributed by atoms with Crippen molar-refractivity contribution in [1.82, 2.24) is 5.32 Å². The van der Waals surface area contributed by atoms with Gasteiger partial charge >= 0.3 is 6.09 Å². The van der Waals surface area contributed by atoms with Crippen molar-refractivity contribution in [2.75, 3.05) is 18.2 Å². The second-order valence-electron chi connectivity index (χ2n) is 8.09. The summed E-state index contributed by atoms with van der Waals surface area (Å²) in [5.41, 5.74) is 6.25. The molecule has 1 aliphatic carbocycles. The van der Waals surface area contributed by atoms with Crippen LogP contribution in [0.3, 0.4) is 0 Å². The van der Waals surface area contributed by atoms with Crippen LogP contribution in [0.2, 0.25) is 0 Å². The predicted octanol–water partition coefficient (Wildman–Crippen LogP) is 4.45. The Morgan fingerprint density at radius 3 is 2.43 bits per heavy atom. The number of methoxy groups -OCH3 is 1. The molecule has 0 heterocycles. The van der Waals surface area contributed by atoms with Gasteiger partial charge in [-0.15, -0.1) is 0 Å². The molecular formula is C20H30BrN3O4. The topological polar surface area (TPSA) is 103 Å². The minimum Gasteiger partial charge on any atom is -0.495 e. The maximum absolute atomic E-state index is 13.1. The number of amides is 2. The Kier molecular flexibility index (Phi) is 7.57. The van der Waals surface area contributed by atoms with E-state index in [-0.39, 0.29) is 11.8 Å². The number of hydrogen-bond donors (Lipinski definition) is 3. The maximum atomic E-state index is 13.1. The van der Waals surface area contributed by atoms with E-state index < -0.39 is 17.7 Å². The van der Waals surface area contributed by atoms with Crippen molar-refractivity contribution >= 4 is 39.3 Å². The first-order chi connectivity index (χ1) is 13.1. The quantitative estimate of drug-likeness (QED) is 0.568. The Morgan fingerprint density at radius 1 is 1.21 bits per heavy atom. The van der Waals surface area contributed by atoms with Crippen molar-refractivity contribution in [2.24, 2.45) is 5.92 Å².